The third kappa shape index (κ3) is 1.92. The van der Waals surface area contributed by atoms with Gasteiger partial charge in [0.15, 0.2) is 0 Å². The Labute approximate surface area is 101 Å². The van der Waals surface area contributed by atoms with Crippen molar-refractivity contribution in [2.24, 2.45) is 17.6 Å². The zero-order chi connectivity index (χ0) is 12.7. The Morgan fingerprint density at radius 3 is 2.47 bits per heavy atom. The summed E-state index contributed by atoms with van der Waals surface area (Å²) in [6.07, 6.45) is 2.32. The summed E-state index contributed by atoms with van der Waals surface area (Å²) in [4.78, 5) is 25.1. The van der Waals surface area contributed by atoms with Gasteiger partial charge in [-0.3, -0.25) is 9.59 Å². The van der Waals surface area contributed by atoms with Gasteiger partial charge in [-0.25, -0.2) is 0 Å². The fourth-order valence-electron chi connectivity index (χ4n) is 3.05. The molecule has 3 unspecified atom stereocenters. The standard InChI is InChI=1S/C12H20N2O3/c1-6(2)10(13)11(15)14-7-3-4-9(14)8(5-7)12(16)17/h6-10H,3-5,13H2,1-2H3,(H,16,17)/t7?,8?,9?,10-/m1/s1. The zero-order valence-corrected chi connectivity index (χ0v) is 10.3. The maximum Gasteiger partial charge on any atom is 0.308 e. The van der Waals surface area contributed by atoms with Gasteiger partial charge in [0.05, 0.1) is 12.0 Å². The van der Waals surface area contributed by atoms with Gasteiger partial charge in [-0.1, -0.05) is 13.8 Å². The molecule has 0 aromatic heterocycles. The van der Waals surface area contributed by atoms with E-state index in [0.717, 1.165) is 12.8 Å². The molecule has 0 saturated carbocycles. The van der Waals surface area contributed by atoms with E-state index in [4.69, 9.17) is 10.8 Å². The number of amides is 1. The highest BCUT2D eigenvalue weighted by Crippen LogP contribution is 2.42. The lowest BCUT2D eigenvalue weighted by Gasteiger charge is -2.27. The first-order valence-corrected chi connectivity index (χ1v) is 6.24. The summed E-state index contributed by atoms with van der Waals surface area (Å²) in [6.45, 7) is 3.82. The van der Waals surface area contributed by atoms with Gasteiger partial charge >= 0.3 is 5.97 Å². The van der Waals surface area contributed by atoms with Crippen LogP contribution in [0.2, 0.25) is 0 Å². The van der Waals surface area contributed by atoms with Gasteiger partial charge in [0.2, 0.25) is 5.91 Å². The van der Waals surface area contributed by atoms with E-state index >= 15 is 0 Å². The average Bonchev–Trinajstić information content (AvgIpc) is 2.83. The van der Waals surface area contributed by atoms with Crippen molar-refractivity contribution in [3.8, 4) is 0 Å². The largest absolute Gasteiger partial charge is 0.481 e. The number of carboxylic acid groups (broad SMARTS) is 1. The Hall–Kier alpha value is -1.10. The third-order valence-corrected chi connectivity index (χ3v) is 4.11. The first-order valence-electron chi connectivity index (χ1n) is 6.24. The Morgan fingerprint density at radius 2 is 2.00 bits per heavy atom. The molecule has 96 valence electrons. The minimum Gasteiger partial charge on any atom is -0.481 e. The number of rotatable bonds is 3. The van der Waals surface area contributed by atoms with E-state index in [1.54, 1.807) is 4.90 Å². The van der Waals surface area contributed by atoms with Gasteiger partial charge in [0, 0.05) is 12.1 Å². The lowest BCUT2D eigenvalue weighted by atomic mass is 9.89. The molecule has 2 aliphatic rings. The summed E-state index contributed by atoms with van der Waals surface area (Å²) in [7, 11) is 0. The van der Waals surface area contributed by atoms with Crippen LogP contribution < -0.4 is 5.73 Å². The van der Waals surface area contributed by atoms with Crippen LogP contribution in [0.5, 0.6) is 0 Å². The van der Waals surface area contributed by atoms with Crippen molar-refractivity contribution in [1.82, 2.24) is 4.90 Å². The van der Waals surface area contributed by atoms with Crippen LogP contribution in [0.4, 0.5) is 0 Å². The second kappa shape index (κ2) is 4.29. The number of aliphatic carboxylic acids is 1. The van der Waals surface area contributed by atoms with Gasteiger partial charge in [-0.2, -0.15) is 0 Å². The van der Waals surface area contributed by atoms with Crippen molar-refractivity contribution in [3.63, 3.8) is 0 Å². The Kier molecular flexibility index (Phi) is 3.12. The van der Waals surface area contributed by atoms with Crippen LogP contribution in [0.15, 0.2) is 0 Å². The molecule has 0 aliphatic carbocycles. The number of carbonyl (C=O) groups excluding carboxylic acids is 1. The molecule has 1 amide bonds. The molecule has 0 aromatic rings. The highest BCUT2D eigenvalue weighted by molar-refractivity contribution is 5.84. The molecule has 5 heteroatoms. The highest BCUT2D eigenvalue weighted by atomic mass is 16.4. The van der Waals surface area contributed by atoms with Gasteiger partial charge in [0.1, 0.15) is 0 Å². The molecule has 2 bridgehead atoms. The molecule has 5 nitrogen and oxygen atoms in total. The van der Waals surface area contributed by atoms with Crippen molar-refractivity contribution >= 4 is 11.9 Å². The van der Waals surface area contributed by atoms with Gasteiger partial charge in [0.25, 0.3) is 0 Å². The molecule has 17 heavy (non-hydrogen) atoms. The molecule has 3 N–H and O–H groups in total. The summed E-state index contributed by atoms with van der Waals surface area (Å²) in [5.74, 6) is -1.16. The maximum absolute atomic E-state index is 12.2. The predicted molar refractivity (Wildman–Crippen MR) is 62.2 cm³/mol. The second-order valence-corrected chi connectivity index (χ2v) is 5.49. The minimum atomic E-state index is -0.784. The van der Waals surface area contributed by atoms with E-state index in [1.807, 2.05) is 13.8 Å². The molecule has 0 spiro atoms. The quantitative estimate of drug-likeness (QED) is 0.749. The molecular formula is C12H20N2O3. The summed E-state index contributed by atoms with van der Waals surface area (Å²) in [5, 5.41) is 9.11. The van der Waals surface area contributed by atoms with Gasteiger partial charge in [-0.15, -0.1) is 0 Å². The van der Waals surface area contributed by atoms with E-state index in [1.165, 1.54) is 0 Å². The van der Waals surface area contributed by atoms with Crippen LogP contribution in [0, 0.1) is 11.8 Å². The summed E-state index contributed by atoms with van der Waals surface area (Å²) in [6, 6.07) is -0.543. The minimum absolute atomic E-state index is 0.0729. The van der Waals surface area contributed by atoms with Crippen LogP contribution >= 0.6 is 0 Å². The highest BCUT2D eigenvalue weighted by Gasteiger charge is 2.52. The number of carboxylic acids is 1. The summed E-state index contributed by atoms with van der Waals surface area (Å²) in [5.41, 5.74) is 5.87. The number of nitrogens with two attached hydrogens (primary N) is 1. The molecule has 2 rings (SSSR count). The number of nitrogens with zero attached hydrogens (tertiary/aromatic N) is 1. The molecule has 2 heterocycles. The first-order chi connectivity index (χ1) is 7.93. The molecule has 2 saturated heterocycles. The molecule has 0 aromatic carbocycles. The first kappa shape index (κ1) is 12.4. The summed E-state index contributed by atoms with van der Waals surface area (Å²) >= 11 is 0. The monoisotopic (exact) mass is 240 g/mol. The fourth-order valence-corrected chi connectivity index (χ4v) is 3.05. The number of hydrogen-bond acceptors (Lipinski definition) is 3. The Bertz CT molecular complexity index is 343. The van der Waals surface area contributed by atoms with Crippen LogP contribution in [0.1, 0.15) is 33.1 Å². The van der Waals surface area contributed by atoms with E-state index in [-0.39, 0.29) is 23.9 Å². The van der Waals surface area contributed by atoms with Crippen molar-refractivity contribution < 1.29 is 14.7 Å². The second-order valence-electron chi connectivity index (χ2n) is 5.49. The Balaban J connectivity index is 2.13. The van der Waals surface area contributed by atoms with E-state index in [2.05, 4.69) is 0 Å². The molecular weight excluding hydrogens is 220 g/mol. The van der Waals surface area contributed by atoms with Crippen molar-refractivity contribution in [3.05, 3.63) is 0 Å². The molecule has 4 atom stereocenters. The topological polar surface area (TPSA) is 83.6 Å². The van der Waals surface area contributed by atoms with Crippen LogP contribution in [0.25, 0.3) is 0 Å². The van der Waals surface area contributed by atoms with Gasteiger partial charge < -0.3 is 15.7 Å². The van der Waals surface area contributed by atoms with Crippen LogP contribution in [-0.4, -0.2) is 40.0 Å². The number of hydrogen-bond donors (Lipinski definition) is 2. The molecule has 2 aliphatic heterocycles. The smallest absolute Gasteiger partial charge is 0.308 e. The van der Waals surface area contributed by atoms with Crippen LogP contribution in [0.3, 0.4) is 0 Å². The fraction of sp³-hybridized carbons (Fsp3) is 0.833. The zero-order valence-electron chi connectivity index (χ0n) is 10.3. The normalized spacial score (nSPS) is 33.2. The number of carbonyl (C=O) groups is 2. The van der Waals surface area contributed by atoms with Gasteiger partial charge in [-0.05, 0) is 25.2 Å². The maximum atomic E-state index is 12.2. The van der Waals surface area contributed by atoms with Crippen LogP contribution in [-0.2, 0) is 9.59 Å². The predicted octanol–water partition coefficient (Wildman–Crippen LogP) is 0.434. The SMILES string of the molecule is CC(C)[C@@H](N)C(=O)N1C2CCC1C(C(=O)O)C2. The van der Waals surface area contributed by atoms with E-state index in [0.29, 0.717) is 6.42 Å². The average molecular weight is 240 g/mol. The lowest BCUT2D eigenvalue weighted by molar-refractivity contribution is -0.143. The Morgan fingerprint density at radius 1 is 1.35 bits per heavy atom. The summed E-state index contributed by atoms with van der Waals surface area (Å²) < 4.78 is 0. The number of fused-ring (bicyclic) bond motifs is 2. The van der Waals surface area contributed by atoms with E-state index < -0.39 is 17.9 Å². The van der Waals surface area contributed by atoms with Crippen molar-refractivity contribution in [2.45, 2.75) is 51.2 Å². The van der Waals surface area contributed by atoms with Crippen molar-refractivity contribution in [1.29, 1.82) is 0 Å². The molecule has 0 radical (unpaired) electrons. The van der Waals surface area contributed by atoms with Crippen molar-refractivity contribution in [2.75, 3.05) is 0 Å². The lowest BCUT2D eigenvalue weighted by Crippen LogP contribution is -2.49. The molecule has 2 fully saturated rings. The third-order valence-electron chi connectivity index (χ3n) is 4.11. The van der Waals surface area contributed by atoms with E-state index in [9.17, 15) is 9.59 Å².